The predicted molar refractivity (Wildman–Crippen MR) is 69.9 cm³/mol. The molecule has 2 heterocycles. The van der Waals surface area contributed by atoms with Crippen molar-refractivity contribution in [3.8, 4) is 0 Å². The van der Waals surface area contributed by atoms with Gasteiger partial charge < -0.3 is 0 Å². The molecule has 2 aromatic rings. The van der Waals surface area contributed by atoms with Gasteiger partial charge in [0.2, 0.25) is 0 Å². The van der Waals surface area contributed by atoms with Crippen LogP contribution in [-0.4, -0.2) is 19.7 Å². The van der Waals surface area contributed by atoms with Crippen LogP contribution in [0.25, 0.3) is 0 Å². The second-order valence-corrected chi connectivity index (χ2v) is 5.46. The molecular weight excluding hydrogens is 272 g/mol. The number of nitrogens with zero attached hydrogens (tertiary/aromatic N) is 3. The van der Waals surface area contributed by atoms with Gasteiger partial charge in [0.05, 0.1) is 0 Å². The lowest BCUT2D eigenvalue weighted by atomic mass is 10.3. The maximum Gasteiger partial charge on any atom is 0.344 e. The summed E-state index contributed by atoms with van der Waals surface area (Å²) >= 11 is 7.49. The van der Waals surface area contributed by atoms with Gasteiger partial charge in [-0.2, -0.15) is 0 Å². The monoisotopic (exact) mass is 282 g/mol. The number of aromatic amines is 1. The highest BCUT2D eigenvalue weighted by Crippen LogP contribution is 2.36. The summed E-state index contributed by atoms with van der Waals surface area (Å²) in [5.74, 6) is 0.656. The van der Waals surface area contributed by atoms with E-state index in [1.165, 1.54) is 11.8 Å². The highest BCUT2D eigenvalue weighted by atomic mass is 35.5. The molecule has 1 N–H and O–H groups in total. The van der Waals surface area contributed by atoms with Gasteiger partial charge >= 0.3 is 5.69 Å². The number of aromatic nitrogens is 4. The fourth-order valence-corrected chi connectivity index (χ4v) is 2.98. The molecule has 1 aliphatic carbocycles. The summed E-state index contributed by atoms with van der Waals surface area (Å²) in [7, 11) is 0. The zero-order valence-corrected chi connectivity index (χ0v) is 11.0. The minimum Gasteiger partial charge on any atom is -0.267 e. The molecule has 94 valence electrons. The molecule has 3 rings (SSSR count). The molecule has 0 unspecified atom stereocenters. The van der Waals surface area contributed by atoms with Gasteiger partial charge in [-0.3, -0.25) is 4.57 Å². The number of H-pyrrole nitrogens is 1. The van der Waals surface area contributed by atoms with Gasteiger partial charge in [-0.05, 0) is 24.5 Å². The minimum absolute atomic E-state index is 0.128. The number of hydrogen-bond donors (Lipinski definition) is 1. The van der Waals surface area contributed by atoms with Crippen LogP contribution in [0.5, 0.6) is 0 Å². The van der Waals surface area contributed by atoms with Crippen LogP contribution in [0.15, 0.2) is 28.3 Å². The van der Waals surface area contributed by atoms with E-state index in [2.05, 4.69) is 15.2 Å². The minimum atomic E-state index is -0.128. The van der Waals surface area contributed by atoms with Gasteiger partial charge in [0, 0.05) is 18.0 Å². The average molecular weight is 283 g/mol. The van der Waals surface area contributed by atoms with E-state index in [0.29, 0.717) is 16.9 Å². The zero-order chi connectivity index (χ0) is 12.5. The molecule has 0 aromatic carbocycles. The first-order chi connectivity index (χ1) is 8.75. The van der Waals surface area contributed by atoms with E-state index in [1.807, 2.05) is 12.1 Å². The number of thioether (sulfide) groups is 1. The largest absolute Gasteiger partial charge is 0.344 e. The van der Waals surface area contributed by atoms with Crippen molar-refractivity contribution >= 4 is 23.4 Å². The molecule has 2 aromatic heterocycles. The first-order valence-electron chi connectivity index (χ1n) is 5.65. The maximum absolute atomic E-state index is 11.6. The van der Waals surface area contributed by atoms with Crippen molar-refractivity contribution in [2.45, 2.75) is 29.8 Å². The van der Waals surface area contributed by atoms with Crippen LogP contribution in [0, 0.1) is 0 Å². The molecule has 0 spiro atoms. The average Bonchev–Trinajstić information content (AvgIpc) is 3.13. The number of pyridine rings is 1. The summed E-state index contributed by atoms with van der Waals surface area (Å²) in [5.41, 5.74) is 0.819. The normalized spacial score (nSPS) is 14.9. The van der Waals surface area contributed by atoms with Crippen molar-refractivity contribution in [1.29, 1.82) is 0 Å². The maximum atomic E-state index is 11.6. The topological polar surface area (TPSA) is 63.6 Å². The van der Waals surface area contributed by atoms with E-state index in [-0.39, 0.29) is 5.69 Å². The molecule has 7 heteroatoms. The fourth-order valence-electron chi connectivity index (χ4n) is 1.72. The number of rotatable bonds is 4. The molecule has 1 fully saturated rings. The number of hydrogen-bond acceptors (Lipinski definition) is 4. The molecular formula is C11H11ClN4OS. The lowest BCUT2D eigenvalue weighted by molar-refractivity contribution is 0.642. The Kier molecular flexibility index (Phi) is 3.13. The van der Waals surface area contributed by atoms with E-state index < -0.39 is 0 Å². The van der Waals surface area contributed by atoms with Crippen molar-refractivity contribution in [2.75, 3.05) is 0 Å². The van der Waals surface area contributed by atoms with Gasteiger partial charge in [0.15, 0.2) is 5.16 Å². The Balaban J connectivity index is 1.78. The third kappa shape index (κ3) is 2.30. The van der Waals surface area contributed by atoms with Crippen LogP contribution < -0.4 is 5.69 Å². The second kappa shape index (κ2) is 4.78. The Morgan fingerprint density at radius 1 is 1.56 bits per heavy atom. The fraction of sp³-hybridized carbons (Fsp3) is 0.364. The first-order valence-corrected chi connectivity index (χ1v) is 7.01. The second-order valence-electron chi connectivity index (χ2n) is 4.15. The van der Waals surface area contributed by atoms with Crippen LogP contribution in [0.1, 0.15) is 24.4 Å². The summed E-state index contributed by atoms with van der Waals surface area (Å²) < 4.78 is 1.73. The molecule has 1 saturated carbocycles. The molecule has 1 aliphatic rings. The first kappa shape index (κ1) is 11.8. The smallest absolute Gasteiger partial charge is 0.267 e. The third-order valence-electron chi connectivity index (χ3n) is 2.78. The van der Waals surface area contributed by atoms with E-state index in [9.17, 15) is 4.79 Å². The lowest BCUT2D eigenvalue weighted by Gasteiger charge is -2.04. The summed E-state index contributed by atoms with van der Waals surface area (Å²) in [6.45, 7) is 0. The van der Waals surface area contributed by atoms with Gasteiger partial charge in [0.25, 0.3) is 0 Å². The van der Waals surface area contributed by atoms with Crippen molar-refractivity contribution in [2.24, 2.45) is 0 Å². The summed E-state index contributed by atoms with van der Waals surface area (Å²) in [5, 5.41) is 7.77. The highest BCUT2D eigenvalue weighted by molar-refractivity contribution is 7.98. The van der Waals surface area contributed by atoms with Gasteiger partial charge in [-0.1, -0.05) is 29.4 Å². The molecule has 5 nitrogen and oxygen atoms in total. The van der Waals surface area contributed by atoms with Crippen LogP contribution in [0.2, 0.25) is 5.15 Å². The van der Waals surface area contributed by atoms with E-state index in [4.69, 9.17) is 11.6 Å². The Bertz CT molecular complexity index is 620. The van der Waals surface area contributed by atoms with Crippen LogP contribution in [-0.2, 0) is 5.75 Å². The summed E-state index contributed by atoms with van der Waals surface area (Å²) in [6, 6.07) is 4.10. The van der Waals surface area contributed by atoms with E-state index in [1.54, 1.807) is 10.8 Å². The van der Waals surface area contributed by atoms with Crippen LogP contribution in [0.4, 0.5) is 0 Å². The SMILES string of the molecule is O=c1[nH]nc(SCc2cccnc2Cl)n1C1CC1. The summed E-state index contributed by atoms with van der Waals surface area (Å²) in [4.78, 5) is 15.6. The van der Waals surface area contributed by atoms with E-state index in [0.717, 1.165) is 23.6 Å². The van der Waals surface area contributed by atoms with Gasteiger partial charge in [-0.25, -0.2) is 14.9 Å². The van der Waals surface area contributed by atoms with Crippen LogP contribution in [0.3, 0.4) is 0 Å². The predicted octanol–water partition coefficient (Wildman–Crippen LogP) is 2.25. The molecule has 0 radical (unpaired) electrons. The third-order valence-corrected chi connectivity index (χ3v) is 4.12. The molecule has 0 bridgehead atoms. The Labute approximate surface area is 113 Å². The van der Waals surface area contributed by atoms with Crippen molar-refractivity contribution in [3.63, 3.8) is 0 Å². The van der Waals surface area contributed by atoms with Gasteiger partial charge in [-0.15, -0.1) is 5.10 Å². The quantitative estimate of drug-likeness (QED) is 0.690. The zero-order valence-electron chi connectivity index (χ0n) is 9.47. The van der Waals surface area contributed by atoms with Crippen molar-refractivity contribution in [1.82, 2.24) is 19.7 Å². The number of halogens is 1. The molecule has 0 saturated heterocycles. The van der Waals surface area contributed by atoms with Crippen molar-refractivity contribution < 1.29 is 0 Å². The summed E-state index contributed by atoms with van der Waals surface area (Å²) in [6.07, 6.45) is 3.77. The van der Waals surface area contributed by atoms with E-state index >= 15 is 0 Å². The Hall–Kier alpha value is -1.27. The Morgan fingerprint density at radius 3 is 3.11 bits per heavy atom. The molecule has 0 aliphatic heterocycles. The van der Waals surface area contributed by atoms with Crippen molar-refractivity contribution in [3.05, 3.63) is 39.5 Å². The molecule has 0 amide bonds. The Morgan fingerprint density at radius 2 is 2.39 bits per heavy atom. The molecule has 0 atom stereocenters. The van der Waals surface area contributed by atoms with Crippen LogP contribution >= 0.6 is 23.4 Å². The lowest BCUT2D eigenvalue weighted by Crippen LogP contribution is -2.16. The van der Waals surface area contributed by atoms with Gasteiger partial charge in [0.1, 0.15) is 5.15 Å². The standard InChI is InChI=1S/C11H11ClN4OS/c12-9-7(2-1-5-13-9)6-18-11-15-14-10(17)16(11)8-3-4-8/h1-2,5,8H,3-4,6H2,(H,14,17). The highest BCUT2D eigenvalue weighted by Gasteiger charge is 2.28. The molecule has 18 heavy (non-hydrogen) atoms. The number of nitrogens with one attached hydrogen (secondary N) is 1.